The summed E-state index contributed by atoms with van der Waals surface area (Å²) in [4.78, 5) is 11.1. The second-order valence-corrected chi connectivity index (χ2v) is 3.82. The van der Waals surface area contributed by atoms with Gasteiger partial charge in [0.2, 0.25) is 6.17 Å². The molecular weight excluding hydrogens is 252 g/mol. The number of benzene rings is 1. The van der Waals surface area contributed by atoms with Crippen LogP contribution in [0.15, 0.2) is 18.2 Å². The lowest BCUT2D eigenvalue weighted by Crippen LogP contribution is -2.31. The zero-order chi connectivity index (χ0) is 13.0. The third kappa shape index (κ3) is 3.64. The fourth-order valence-electron chi connectivity index (χ4n) is 1.31. The number of halogens is 3. The lowest BCUT2D eigenvalue weighted by molar-refractivity contribution is -0.149. The number of esters is 1. The maximum Gasteiger partial charge on any atom is 0.342 e. The van der Waals surface area contributed by atoms with Gasteiger partial charge in [-0.2, -0.15) is 0 Å². The first-order valence-corrected chi connectivity index (χ1v) is 5.35. The number of carbonyl (C=O) groups excluding carboxylic acids is 1. The van der Waals surface area contributed by atoms with Crippen LogP contribution in [0.1, 0.15) is 18.5 Å². The molecule has 0 aliphatic carbocycles. The van der Waals surface area contributed by atoms with Gasteiger partial charge in [-0.25, -0.2) is 13.6 Å². The van der Waals surface area contributed by atoms with Crippen LogP contribution in [0.4, 0.5) is 8.78 Å². The molecule has 0 saturated heterocycles. The van der Waals surface area contributed by atoms with E-state index in [9.17, 15) is 13.6 Å². The molecule has 0 aromatic heterocycles. The summed E-state index contributed by atoms with van der Waals surface area (Å²) in [6.07, 6.45) is -2.05. The molecule has 0 saturated carbocycles. The molecule has 1 aromatic carbocycles. The van der Waals surface area contributed by atoms with Gasteiger partial charge < -0.3 is 10.5 Å². The molecule has 0 spiro atoms. The molecule has 0 aliphatic rings. The van der Waals surface area contributed by atoms with Crippen molar-refractivity contribution in [2.24, 2.45) is 5.73 Å². The molecule has 0 amide bonds. The van der Waals surface area contributed by atoms with Crippen molar-refractivity contribution in [2.75, 3.05) is 6.61 Å². The van der Waals surface area contributed by atoms with E-state index in [1.165, 1.54) is 6.07 Å². The first kappa shape index (κ1) is 13.9. The van der Waals surface area contributed by atoms with E-state index in [0.29, 0.717) is 0 Å². The van der Waals surface area contributed by atoms with Gasteiger partial charge in [-0.05, 0) is 30.7 Å². The van der Waals surface area contributed by atoms with Gasteiger partial charge in [0.05, 0.1) is 12.6 Å². The summed E-state index contributed by atoms with van der Waals surface area (Å²) in [5.41, 5.74) is 5.61. The van der Waals surface area contributed by atoms with Crippen LogP contribution in [-0.4, -0.2) is 18.7 Å². The number of ether oxygens (including phenoxy) is 1. The molecule has 17 heavy (non-hydrogen) atoms. The van der Waals surface area contributed by atoms with E-state index < -0.39 is 24.0 Å². The number of alkyl halides is 1. The second kappa shape index (κ2) is 5.93. The lowest BCUT2D eigenvalue weighted by atomic mass is 10.0. The summed E-state index contributed by atoms with van der Waals surface area (Å²) < 4.78 is 31.1. The van der Waals surface area contributed by atoms with Crippen LogP contribution in [0.3, 0.4) is 0 Å². The Morgan fingerprint density at radius 1 is 1.53 bits per heavy atom. The summed E-state index contributed by atoms with van der Waals surface area (Å²) >= 11 is 5.61. The molecule has 2 N–H and O–H groups in total. The molecule has 0 radical (unpaired) electrons. The SMILES string of the molecule is CCOC(=O)C(F)[C@H](N)c1cc(F)cc(Cl)c1. The van der Waals surface area contributed by atoms with Crippen LogP contribution in [0.2, 0.25) is 5.02 Å². The van der Waals surface area contributed by atoms with Gasteiger partial charge >= 0.3 is 5.97 Å². The van der Waals surface area contributed by atoms with Gasteiger partial charge in [0.1, 0.15) is 5.82 Å². The Bertz CT molecular complexity index is 394. The molecular formula is C11H12ClF2NO2. The van der Waals surface area contributed by atoms with E-state index >= 15 is 0 Å². The molecule has 0 aliphatic heterocycles. The fraction of sp³-hybridized carbons (Fsp3) is 0.364. The molecule has 0 fully saturated rings. The molecule has 0 bridgehead atoms. The number of hydrogen-bond acceptors (Lipinski definition) is 3. The van der Waals surface area contributed by atoms with E-state index in [2.05, 4.69) is 4.74 Å². The van der Waals surface area contributed by atoms with E-state index in [4.69, 9.17) is 17.3 Å². The van der Waals surface area contributed by atoms with Crippen molar-refractivity contribution in [1.29, 1.82) is 0 Å². The molecule has 3 nitrogen and oxygen atoms in total. The van der Waals surface area contributed by atoms with Crippen molar-refractivity contribution in [3.05, 3.63) is 34.6 Å². The highest BCUT2D eigenvalue weighted by Crippen LogP contribution is 2.22. The minimum atomic E-state index is -2.05. The standard InChI is InChI=1S/C11H12ClF2NO2/c1-2-17-11(16)9(14)10(15)6-3-7(12)5-8(13)4-6/h3-5,9-10H,2,15H2,1H3/t9?,10-/m1/s1. The van der Waals surface area contributed by atoms with Crippen molar-refractivity contribution >= 4 is 17.6 Å². The van der Waals surface area contributed by atoms with Crippen molar-refractivity contribution in [1.82, 2.24) is 0 Å². The van der Waals surface area contributed by atoms with Crippen LogP contribution in [0.25, 0.3) is 0 Å². The molecule has 0 heterocycles. The van der Waals surface area contributed by atoms with E-state index in [1.807, 2.05) is 0 Å². The quantitative estimate of drug-likeness (QED) is 0.849. The first-order valence-electron chi connectivity index (χ1n) is 4.98. The lowest BCUT2D eigenvalue weighted by Gasteiger charge is -2.16. The predicted octanol–water partition coefficient (Wildman–Crippen LogP) is 2.38. The van der Waals surface area contributed by atoms with Crippen LogP contribution in [0, 0.1) is 5.82 Å². The Balaban J connectivity index is 2.87. The smallest absolute Gasteiger partial charge is 0.342 e. The number of rotatable bonds is 4. The van der Waals surface area contributed by atoms with Crippen molar-refractivity contribution < 1.29 is 18.3 Å². The molecule has 6 heteroatoms. The van der Waals surface area contributed by atoms with E-state index in [0.717, 1.165) is 12.1 Å². The zero-order valence-corrected chi connectivity index (χ0v) is 9.88. The van der Waals surface area contributed by atoms with Gasteiger partial charge in [0.25, 0.3) is 0 Å². The van der Waals surface area contributed by atoms with Crippen LogP contribution >= 0.6 is 11.6 Å². The minimum absolute atomic E-state index is 0.0515. The number of nitrogens with two attached hydrogens (primary N) is 1. The van der Waals surface area contributed by atoms with Gasteiger partial charge in [-0.15, -0.1) is 0 Å². The highest BCUT2D eigenvalue weighted by Gasteiger charge is 2.28. The Morgan fingerprint density at radius 3 is 2.71 bits per heavy atom. The Kier molecular flexibility index (Phi) is 4.84. The third-order valence-corrected chi connectivity index (χ3v) is 2.32. The largest absolute Gasteiger partial charge is 0.464 e. The van der Waals surface area contributed by atoms with Gasteiger partial charge in [0, 0.05) is 5.02 Å². The average molecular weight is 264 g/mol. The second-order valence-electron chi connectivity index (χ2n) is 3.38. The number of hydrogen-bond donors (Lipinski definition) is 1. The highest BCUT2D eigenvalue weighted by molar-refractivity contribution is 6.30. The Morgan fingerprint density at radius 2 is 2.18 bits per heavy atom. The van der Waals surface area contributed by atoms with Crippen LogP contribution in [0.5, 0.6) is 0 Å². The summed E-state index contributed by atoms with van der Waals surface area (Å²) in [7, 11) is 0. The van der Waals surface area contributed by atoms with Crippen LogP contribution in [-0.2, 0) is 9.53 Å². The Hall–Kier alpha value is -1.20. The minimum Gasteiger partial charge on any atom is -0.464 e. The van der Waals surface area contributed by atoms with Crippen molar-refractivity contribution in [2.45, 2.75) is 19.1 Å². The monoisotopic (exact) mass is 263 g/mol. The third-order valence-electron chi connectivity index (χ3n) is 2.10. The van der Waals surface area contributed by atoms with Crippen molar-refractivity contribution in [3.8, 4) is 0 Å². The van der Waals surface area contributed by atoms with Crippen molar-refractivity contribution in [3.63, 3.8) is 0 Å². The molecule has 1 unspecified atom stereocenters. The topological polar surface area (TPSA) is 52.3 Å². The highest BCUT2D eigenvalue weighted by atomic mass is 35.5. The summed E-state index contributed by atoms with van der Waals surface area (Å²) in [5.74, 6) is -1.71. The van der Waals surface area contributed by atoms with Gasteiger partial charge in [-0.1, -0.05) is 11.6 Å². The molecule has 1 aromatic rings. The normalized spacial score (nSPS) is 14.2. The molecule has 2 atom stereocenters. The molecule has 1 rings (SSSR count). The Labute approximate surface area is 103 Å². The van der Waals surface area contributed by atoms with E-state index in [-0.39, 0.29) is 17.2 Å². The summed E-state index contributed by atoms with van der Waals surface area (Å²) in [5, 5.41) is 0.0894. The predicted molar refractivity (Wildman–Crippen MR) is 59.9 cm³/mol. The zero-order valence-electron chi connectivity index (χ0n) is 9.12. The van der Waals surface area contributed by atoms with Crippen LogP contribution < -0.4 is 5.73 Å². The summed E-state index contributed by atoms with van der Waals surface area (Å²) in [6, 6.07) is 2.10. The van der Waals surface area contributed by atoms with E-state index in [1.54, 1.807) is 6.92 Å². The first-order chi connectivity index (χ1) is 7.95. The van der Waals surface area contributed by atoms with Gasteiger partial charge in [0.15, 0.2) is 0 Å². The number of carbonyl (C=O) groups is 1. The maximum atomic E-state index is 13.6. The fourth-order valence-corrected chi connectivity index (χ4v) is 1.54. The average Bonchev–Trinajstić information content (AvgIpc) is 2.26. The summed E-state index contributed by atoms with van der Waals surface area (Å²) in [6.45, 7) is 1.60. The molecule has 94 valence electrons. The van der Waals surface area contributed by atoms with Gasteiger partial charge in [-0.3, -0.25) is 0 Å². The maximum absolute atomic E-state index is 13.6.